The summed E-state index contributed by atoms with van der Waals surface area (Å²) in [7, 11) is 0. The fourth-order valence-electron chi connectivity index (χ4n) is 3.12. The molecule has 30 heavy (non-hydrogen) atoms. The zero-order chi connectivity index (χ0) is 21.5. The minimum absolute atomic E-state index is 0.0242. The molecule has 0 fully saturated rings. The summed E-state index contributed by atoms with van der Waals surface area (Å²) in [5, 5.41) is 0. The number of aromatic nitrogens is 2. The highest BCUT2D eigenvalue weighted by atomic mass is 19.4. The van der Waals surface area contributed by atoms with Crippen molar-refractivity contribution in [1.29, 1.82) is 0 Å². The Labute approximate surface area is 169 Å². The standard InChI is InChI=1S/C21H15F4N3O2/c1-12-8-26-19(27-9-12)11-28-10-14-6-13(2-5-18(14)30-20(28)29)16-4-3-15(7-17(16)22)21(23,24)25/h2-9H,10-11H2,1H3. The molecule has 0 atom stereocenters. The number of halogens is 4. The van der Waals surface area contributed by atoms with Crippen molar-refractivity contribution < 1.29 is 27.1 Å². The summed E-state index contributed by atoms with van der Waals surface area (Å²) in [6.07, 6.45) is -1.92. The van der Waals surface area contributed by atoms with E-state index in [4.69, 9.17) is 4.74 Å². The minimum atomic E-state index is -4.62. The number of hydrogen-bond acceptors (Lipinski definition) is 4. The first-order valence-electron chi connectivity index (χ1n) is 8.95. The molecule has 2 heterocycles. The van der Waals surface area contributed by atoms with Crippen molar-refractivity contribution in [2.45, 2.75) is 26.2 Å². The molecule has 1 amide bonds. The van der Waals surface area contributed by atoms with E-state index in [9.17, 15) is 22.4 Å². The average molecular weight is 417 g/mol. The first kappa shape index (κ1) is 19.8. The molecule has 0 spiro atoms. The maximum absolute atomic E-state index is 14.3. The van der Waals surface area contributed by atoms with Crippen molar-refractivity contribution in [2.75, 3.05) is 0 Å². The zero-order valence-corrected chi connectivity index (χ0v) is 15.7. The quantitative estimate of drug-likeness (QED) is 0.555. The Balaban J connectivity index is 1.61. The third-order valence-electron chi connectivity index (χ3n) is 4.65. The number of nitrogens with zero attached hydrogens (tertiary/aromatic N) is 3. The van der Waals surface area contributed by atoms with Gasteiger partial charge in [0.2, 0.25) is 0 Å². The SMILES string of the molecule is Cc1cnc(CN2Cc3cc(-c4ccc(C(F)(F)F)cc4F)ccc3OC2=O)nc1. The highest BCUT2D eigenvalue weighted by Crippen LogP contribution is 2.35. The lowest BCUT2D eigenvalue weighted by Crippen LogP contribution is -2.36. The predicted molar refractivity (Wildman–Crippen MR) is 98.9 cm³/mol. The van der Waals surface area contributed by atoms with Crippen LogP contribution in [0.15, 0.2) is 48.8 Å². The normalized spacial score (nSPS) is 13.8. The molecular formula is C21H15F4N3O2. The number of alkyl halides is 3. The summed E-state index contributed by atoms with van der Waals surface area (Å²) < 4.78 is 58.0. The van der Waals surface area contributed by atoms with Gasteiger partial charge in [0.15, 0.2) is 0 Å². The third kappa shape index (κ3) is 3.96. The van der Waals surface area contributed by atoms with Gasteiger partial charge in [-0.3, -0.25) is 4.90 Å². The largest absolute Gasteiger partial charge is 0.416 e. The van der Waals surface area contributed by atoms with E-state index in [1.807, 2.05) is 6.92 Å². The van der Waals surface area contributed by atoms with E-state index in [1.165, 1.54) is 17.0 Å². The molecule has 5 nitrogen and oxygen atoms in total. The molecule has 0 N–H and O–H groups in total. The summed E-state index contributed by atoms with van der Waals surface area (Å²) in [5.74, 6) is -0.231. The van der Waals surface area contributed by atoms with Gasteiger partial charge >= 0.3 is 12.3 Å². The Morgan fingerprint density at radius 3 is 2.50 bits per heavy atom. The van der Waals surface area contributed by atoms with Gasteiger partial charge in [-0.05, 0) is 42.3 Å². The first-order chi connectivity index (χ1) is 14.2. The molecule has 9 heteroatoms. The van der Waals surface area contributed by atoms with Crippen LogP contribution in [0, 0.1) is 12.7 Å². The van der Waals surface area contributed by atoms with Crippen LogP contribution in [0.3, 0.4) is 0 Å². The van der Waals surface area contributed by atoms with E-state index in [0.717, 1.165) is 17.7 Å². The Hall–Kier alpha value is -3.49. The number of fused-ring (bicyclic) bond motifs is 1. The summed E-state index contributed by atoms with van der Waals surface area (Å²) >= 11 is 0. The lowest BCUT2D eigenvalue weighted by molar-refractivity contribution is -0.137. The molecule has 0 aliphatic carbocycles. The van der Waals surface area contributed by atoms with Gasteiger partial charge in [-0.1, -0.05) is 12.1 Å². The van der Waals surface area contributed by atoms with Crippen molar-refractivity contribution in [1.82, 2.24) is 14.9 Å². The highest BCUT2D eigenvalue weighted by Gasteiger charge is 2.31. The molecule has 0 saturated carbocycles. The minimum Gasteiger partial charge on any atom is -0.410 e. The summed E-state index contributed by atoms with van der Waals surface area (Å²) in [4.78, 5) is 22.0. The number of ether oxygens (including phenoxy) is 1. The van der Waals surface area contributed by atoms with E-state index < -0.39 is 23.7 Å². The van der Waals surface area contributed by atoms with Crippen LogP contribution >= 0.6 is 0 Å². The predicted octanol–water partition coefficient (Wildman–Crippen LogP) is 5.12. The Morgan fingerprint density at radius 1 is 1.10 bits per heavy atom. The zero-order valence-electron chi connectivity index (χ0n) is 15.7. The molecule has 0 bridgehead atoms. The third-order valence-corrected chi connectivity index (χ3v) is 4.65. The lowest BCUT2D eigenvalue weighted by atomic mass is 9.99. The Morgan fingerprint density at radius 2 is 1.83 bits per heavy atom. The second-order valence-electron chi connectivity index (χ2n) is 6.92. The van der Waals surface area contributed by atoms with Gasteiger partial charge in [-0.2, -0.15) is 13.2 Å². The fraction of sp³-hybridized carbons (Fsp3) is 0.190. The molecule has 4 rings (SSSR count). The molecular weight excluding hydrogens is 402 g/mol. The fourth-order valence-corrected chi connectivity index (χ4v) is 3.12. The first-order valence-corrected chi connectivity index (χ1v) is 8.95. The molecule has 1 aromatic heterocycles. The second-order valence-corrected chi connectivity index (χ2v) is 6.92. The van der Waals surface area contributed by atoms with Crippen molar-refractivity contribution in [3.8, 4) is 16.9 Å². The van der Waals surface area contributed by atoms with E-state index in [1.54, 1.807) is 18.5 Å². The second kappa shape index (κ2) is 7.40. The van der Waals surface area contributed by atoms with E-state index >= 15 is 0 Å². The highest BCUT2D eigenvalue weighted by molar-refractivity contribution is 5.75. The molecule has 3 aromatic rings. The van der Waals surface area contributed by atoms with Gasteiger partial charge in [0.05, 0.1) is 18.7 Å². The Bertz CT molecular complexity index is 1110. The topological polar surface area (TPSA) is 55.3 Å². The number of amides is 1. The van der Waals surface area contributed by atoms with Crippen LogP contribution in [0.25, 0.3) is 11.1 Å². The number of carbonyl (C=O) groups is 1. The van der Waals surface area contributed by atoms with Gasteiger partial charge in [-0.15, -0.1) is 0 Å². The van der Waals surface area contributed by atoms with Crippen molar-refractivity contribution in [3.63, 3.8) is 0 Å². The molecule has 0 unspecified atom stereocenters. The van der Waals surface area contributed by atoms with Crippen LogP contribution in [-0.2, 0) is 19.3 Å². The van der Waals surface area contributed by atoms with Crippen molar-refractivity contribution in [2.24, 2.45) is 0 Å². The van der Waals surface area contributed by atoms with Crippen LogP contribution in [0.4, 0.5) is 22.4 Å². The monoisotopic (exact) mass is 417 g/mol. The van der Waals surface area contributed by atoms with Crippen LogP contribution in [0.1, 0.15) is 22.5 Å². The molecule has 154 valence electrons. The van der Waals surface area contributed by atoms with E-state index in [2.05, 4.69) is 9.97 Å². The number of carbonyl (C=O) groups excluding carboxylic acids is 1. The Kier molecular flexibility index (Phi) is 4.89. The van der Waals surface area contributed by atoms with Gasteiger partial charge in [-0.25, -0.2) is 19.2 Å². The van der Waals surface area contributed by atoms with Crippen LogP contribution < -0.4 is 4.74 Å². The number of rotatable bonds is 3. The average Bonchev–Trinajstić information content (AvgIpc) is 2.69. The van der Waals surface area contributed by atoms with Gasteiger partial charge in [0.25, 0.3) is 0 Å². The van der Waals surface area contributed by atoms with E-state index in [-0.39, 0.29) is 18.7 Å². The van der Waals surface area contributed by atoms with Gasteiger partial charge in [0, 0.05) is 23.5 Å². The lowest BCUT2D eigenvalue weighted by Gasteiger charge is -2.27. The van der Waals surface area contributed by atoms with Crippen LogP contribution in [0.2, 0.25) is 0 Å². The van der Waals surface area contributed by atoms with Crippen LogP contribution in [-0.4, -0.2) is 21.0 Å². The molecule has 1 aliphatic rings. The molecule has 2 aromatic carbocycles. The van der Waals surface area contributed by atoms with Crippen molar-refractivity contribution >= 4 is 6.09 Å². The molecule has 0 radical (unpaired) electrons. The van der Waals surface area contributed by atoms with Crippen LogP contribution in [0.5, 0.6) is 5.75 Å². The summed E-state index contributed by atoms with van der Waals surface area (Å²) in [5.41, 5.74) is 0.826. The van der Waals surface area contributed by atoms with Crippen molar-refractivity contribution in [3.05, 3.63) is 77.1 Å². The van der Waals surface area contributed by atoms with Gasteiger partial charge < -0.3 is 4.74 Å². The maximum atomic E-state index is 14.3. The number of hydrogen-bond donors (Lipinski definition) is 0. The number of benzene rings is 2. The number of aryl methyl sites for hydroxylation is 1. The van der Waals surface area contributed by atoms with Gasteiger partial charge in [0.1, 0.15) is 17.4 Å². The van der Waals surface area contributed by atoms with E-state index in [0.29, 0.717) is 28.8 Å². The summed E-state index contributed by atoms with van der Waals surface area (Å²) in [6, 6.07) is 6.98. The summed E-state index contributed by atoms with van der Waals surface area (Å²) in [6.45, 7) is 2.13. The maximum Gasteiger partial charge on any atom is 0.416 e. The molecule has 1 aliphatic heterocycles. The molecule has 0 saturated heterocycles. The smallest absolute Gasteiger partial charge is 0.410 e.